The first-order valence-electron chi connectivity index (χ1n) is 8.28. The van der Waals surface area contributed by atoms with Crippen LogP contribution in [0.25, 0.3) is 0 Å². The van der Waals surface area contributed by atoms with Gasteiger partial charge in [-0.15, -0.1) is 0 Å². The summed E-state index contributed by atoms with van der Waals surface area (Å²) >= 11 is 0. The maximum atomic E-state index is 8.85. The summed E-state index contributed by atoms with van der Waals surface area (Å²) < 4.78 is 5.26. The maximum Gasteiger partial charge on any atom is 0.126 e. The summed E-state index contributed by atoms with van der Waals surface area (Å²) in [4.78, 5) is 6.81. The van der Waals surface area contributed by atoms with E-state index >= 15 is 0 Å². The van der Waals surface area contributed by atoms with Gasteiger partial charge in [-0.1, -0.05) is 12.1 Å². The molecule has 5 nitrogen and oxygen atoms in total. The van der Waals surface area contributed by atoms with E-state index in [4.69, 9.17) is 10.00 Å². The highest BCUT2D eigenvalue weighted by Gasteiger charge is 2.23. The molecule has 1 aromatic carbocycles. The van der Waals surface area contributed by atoms with Crippen molar-refractivity contribution in [2.24, 2.45) is 0 Å². The number of nitrogens with zero attached hydrogens (tertiary/aromatic N) is 3. The number of hydrogen-bond acceptors (Lipinski definition) is 5. The summed E-state index contributed by atoms with van der Waals surface area (Å²) in [5.41, 5.74) is 1.85. The van der Waals surface area contributed by atoms with Crippen molar-refractivity contribution in [1.29, 1.82) is 5.26 Å². The van der Waals surface area contributed by atoms with Crippen molar-refractivity contribution in [3.05, 3.63) is 53.7 Å². The number of likely N-dealkylation sites (tertiary alicyclic amines) is 1. The minimum atomic E-state index is 0.302. The number of anilines is 1. The topological polar surface area (TPSA) is 61.2 Å². The predicted octanol–water partition coefficient (Wildman–Crippen LogP) is 3.21. The van der Waals surface area contributed by atoms with Crippen molar-refractivity contribution >= 4 is 5.82 Å². The van der Waals surface area contributed by atoms with Gasteiger partial charge in [0.1, 0.15) is 17.6 Å². The van der Waals surface area contributed by atoms with Crippen LogP contribution in [0, 0.1) is 11.3 Å². The van der Waals surface area contributed by atoms with Gasteiger partial charge in [-0.25, -0.2) is 4.98 Å². The van der Waals surface area contributed by atoms with E-state index in [0.29, 0.717) is 11.6 Å². The summed E-state index contributed by atoms with van der Waals surface area (Å²) in [7, 11) is 1.69. The third-order valence-electron chi connectivity index (χ3n) is 4.45. The largest absolute Gasteiger partial charge is 0.497 e. The molecular formula is C19H22N4O. The molecule has 0 aliphatic carbocycles. The molecule has 1 saturated heterocycles. The second-order valence-electron chi connectivity index (χ2n) is 5.96. The van der Waals surface area contributed by atoms with E-state index in [-0.39, 0.29) is 0 Å². The van der Waals surface area contributed by atoms with Crippen molar-refractivity contribution in [2.75, 3.05) is 32.1 Å². The van der Waals surface area contributed by atoms with Gasteiger partial charge in [-0.2, -0.15) is 5.26 Å². The molecule has 2 heterocycles. The first-order chi connectivity index (χ1) is 11.8. The number of pyridine rings is 1. The minimum Gasteiger partial charge on any atom is -0.497 e. The number of hydrogen-bond donors (Lipinski definition) is 1. The van der Waals surface area contributed by atoms with E-state index in [1.807, 2.05) is 18.2 Å². The van der Waals surface area contributed by atoms with Crippen molar-refractivity contribution in [3.63, 3.8) is 0 Å². The van der Waals surface area contributed by atoms with Crippen LogP contribution >= 0.6 is 0 Å². The molecule has 0 unspecified atom stereocenters. The average Bonchev–Trinajstić information content (AvgIpc) is 3.17. The maximum absolute atomic E-state index is 8.85. The SMILES string of the molecule is COc1ccc([C@H](CNc2ccc(C#N)cn2)N2CCCC2)cc1. The third-order valence-corrected chi connectivity index (χ3v) is 4.45. The molecule has 1 atom stereocenters. The van der Waals surface area contributed by atoms with Gasteiger partial charge in [-0.3, -0.25) is 4.90 Å². The highest BCUT2D eigenvalue weighted by Crippen LogP contribution is 2.27. The molecule has 1 aliphatic rings. The lowest BCUT2D eigenvalue weighted by atomic mass is 10.1. The minimum absolute atomic E-state index is 0.302. The summed E-state index contributed by atoms with van der Waals surface area (Å²) in [6.45, 7) is 3.03. The Morgan fingerprint density at radius 2 is 1.96 bits per heavy atom. The van der Waals surface area contributed by atoms with Gasteiger partial charge in [0.2, 0.25) is 0 Å². The average molecular weight is 322 g/mol. The number of rotatable bonds is 6. The van der Waals surface area contributed by atoms with Crippen molar-refractivity contribution in [3.8, 4) is 11.8 Å². The number of ether oxygens (including phenoxy) is 1. The zero-order valence-electron chi connectivity index (χ0n) is 13.9. The van der Waals surface area contributed by atoms with Gasteiger partial charge >= 0.3 is 0 Å². The lowest BCUT2D eigenvalue weighted by Crippen LogP contribution is -2.31. The Kier molecular flexibility index (Phi) is 5.29. The van der Waals surface area contributed by atoms with Crippen LogP contribution in [0.1, 0.15) is 30.0 Å². The molecule has 0 saturated carbocycles. The van der Waals surface area contributed by atoms with Gasteiger partial charge in [0.15, 0.2) is 0 Å². The molecule has 0 spiro atoms. The number of nitriles is 1. The summed E-state index contributed by atoms with van der Waals surface area (Å²) in [5, 5.41) is 12.3. The molecular weight excluding hydrogens is 300 g/mol. The second kappa shape index (κ2) is 7.80. The van der Waals surface area contributed by atoms with Crippen molar-refractivity contribution in [1.82, 2.24) is 9.88 Å². The van der Waals surface area contributed by atoms with Gasteiger partial charge in [0.25, 0.3) is 0 Å². The van der Waals surface area contributed by atoms with Crippen LogP contribution in [0.3, 0.4) is 0 Å². The molecule has 1 fully saturated rings. The van der Waals surface area contributed by atoms with Crippen molar-refractivity contribution in [2.45, 2.75) is 18.9 Å². The third kappa shape index (κ3) is 3.84. The normalized spacial score (nSPS) is 15.7. The number of methoxy groups -OCH3 is 1. The Bertz CT molecular complexity index is 685. The van der Waals surface area contributed by atoms with Crippen LogP contribution in [0.2, 0.25) is 0 Å². The summed E-state index contributed by atoms with van der Waals surface area (Å²) in [6, 6.07) is 14.3. The van der Waals surface area contributed by atoms with E-state index in [9.17, 15) is 0 Å². The van der Waals surface area contributed by atoms with E-state index < -0.39 is 0 Å². The number of benzene rings is 1. The van der Waals surface area contributed by atoms with Crippen LogP contribution in [0.15, 0.2) is 42.6 Å². The molecule has 3 rings (SSSR count). The Balaban J connectivity index is 1.72. The molecule has 124 valence electrons. The zero-order valence-corrected chi connectivity index (χ0v) is 13.9. The van der Waals surface area contributed by atoms with Crippen LogP contribution in [-0.2, 0) is 0 Å². The monoisotopic (exact) mass is 322 g/mol. The quantitative estimate of drug-likeness (QED) is 0.885. The molecule has 0 amide bonds. The molecule has 1 aliphatic heterocycles. The Labute approximate surface area is 142 Å². The number of aromatic nitrogens is 1. The first kappa shape index (κ1) is 16.3. The highest BCUT2D eigenvalue weighted by molar-refractivity contribution is 5.40. The Hall–Kier alpha value is -2.58. The molecule has 5 heteroatoms. The van der Waals surface area contributed by atoms with Crippen LogP contribution in [0.4, 0.5) is 5.82 Å². The second-order valence-corrected chi connectivity index (χ2v) is 5.96. The predicted molar refractivity (Wildman–Crippen MR) is 94.0 cm³/mol. The van der Waals surface area contributed by atoms with Crippen LogP contribution in [-0.4, -0.2) is 36.6 Å². The molecule has 2 aromatic rings. The van der Waals surface area contributed by atoms with Gasteiger partial charge in [0.05, 0.1) is 18.7 Å². The molecule has 1 aromatic heterocycles. The summed E-state index contributed by atoms with van der Waals surface area (Å²) in [6.07, 6.45) is 4.10. The highest BCUT2D eigenvalue weighted by atomic mass is 16.5. The fraction of sp³-hybridized carbons (Fsp3) is 0.368. The Morgan fingerprint density at radius 1 is 1.21 bits per heavy atom. The van der Waals surface area contributed by atoms with Crippen molar-refractivity contribution < 1.29 is 4.74 Å². The molecule has 24 heavy (non-hydrogen) atoms. The van der Waals surface area contributed by atoms with E-state index in [0.717, 1.165) is 31.2 Å². The standard InChI is InChI=1S/C19H22N4O/c1-24-17-7-5-16(6-8-17)18(23-10-2-3-11-23)14-22-19-9-4-15(12-20)13-21-19/h4-9,13,18H,2-3,10-11,14H2,1H3,(H,21,22)/t18-/m0/s1. The number of nitrogens with one attached hydrogen (secondary N) is 1. The van der Waals surface area contributed by atoms with E-state index in [1.54, 1.807) is 19.4 Å². The fourth-order valence-electron chi connectivity index (χ4n) is 3.10. The zero-order chi connectivity index (χ0) is 16.8. The molecule has 1 N–H and O–H groups in total. The Morgan fingerprint density at radius 3 is 2.54 bits per heavy atom. The molecule has 0 bridgehead atoms. The van der Waals surface area contributed by atoms with Crippen LogP contribution in [0.5, 0.6) is 5.75 Å². The lowest BCUT2D eigenvalue weighted by molar-refractivity contribution is 0.255. The van der Waals surface area contributed by atoms with Gasteiger partial charge in [-0.05, 0) is 55.8 Å². The molecule has 0 radical (unpaired) electrons. The van der Waals surface area contributed by atoms with Gasteiger partial charge in [0, 0.05) is 12.7 Å². The van der Waals surface area contributed by atoms with E-state index in [1.165, 1.54) is 18.4 Å². The first-order valence-corrected chi connectivity index (χ1v) is 8.28. The summed E-state index contributed by atoms with van der Waals surface area (Å²) in [5.74, 6) is 1.67. The van der Waals surface area contributed by atoms with Crippen LogP contribution < -0.4 is 10.1 Å². The van der Waals surface area contributed by atoms with Gasteiger partial charge < -0.3 is 10.1 Å². The lowest BCUT2D eigenvalue weighted by Gasteiger charge is -2.28. The fourth-order valence-corrected chi connectivity index (χ4v) is 3.10. The van der Waals surface area contributed by atoms with E-state index in [2.05, 4.69) is 33.4 Å². The smallest absolute Gasteiger partial charge is 0.126 e.